The van der Waals surface area contributed by atoms with Crippen LogP contribution in [0.15, 0.2) is 95.6 Å². The molecule has 0 atom stereocenters. The third-order valence-electron chi connectivity index (χ3n) is 8.69. The molecule has 0 spiro atoms. The van der Waals surface area contributed by atoms with E-state index in [-0.39, 0.29) is 5.41 Å². The molecule has 4 N–H and O–H groups in total. The Bertz CT molecular complexity index is 1980. The highest BCUT2D eigenvalue weighted by atomic mass is 15.0. The number of benzene rings is 2. The monoisotopic (exact) mass is 550 g/mol. The van der Waals surface area contributed by atoms with Crippen LogP contribution >= 0.6 is 0 Å². The Morgan fingerprint density at radius 1 is 0.714 bits per heavy atom. The number of hydrogen-bond donors (Lipinski definition) is 4. The largest absolute Gasteiger partial charge is 0.358 e. The van der Waals surface area contributed by atoms with Crippen molar-refractivity contribution in [3.63, 3.8) is 0 Å². The number of aromatic amines is 2. The van der Waals surface area contributed by atoms with Crippen molar-refractivity contribution in [2.24, 2.45) is 5.41 Å². The summed E-state index contributed by atoms with van der Waals surface area (Å²) >= 11 is 0. The third-order valence-corrected chi connectivity index (χ3v) is 8.69. The molecule has 0 amide bonds. The van der Waals surface area contributed by atoms with Gasteiger partial charge in [-0.3, -0.25) is 0 Å². The van der Waals surface area contributed by atoms with E-state index in [1.54, 1.807) is 0 Å². The number of H-pyrrole nitrogens is 2. The van der Waals surface area contributed by atoms with E-state index >= 15 is 0 Å². The first-order valence-electron chi connectivity index (χ1n) is 14.8. The molecule has 0 aliphatic carbocycles. The van der Waals surface area contributed by atoms with Crippen LogP contribution in [0.1, 0.15) is 65.0 Å². The fourth-order valence-electron chi connectivity index (χ4n) is 6.73. The van der Waals surface area contributed by atoms with Crippen LogP contribution in [0.3, 0.4) is 0 Å². The van der Waals surface area contributed by atoms with Gasteiger partial charge in [-0.25, -0.2) is 0 Å². The zero-order valence-electron chi connectivity index (χ0n) is 25.3. The summed E-state index contributed by atoms with van der Waals surface area (Å²) in [4.78, 5) is 7.51. The van der Waals surface area contributed by atoms with E-state index in [0.29, 0.717) is 0 Å². The summed E-state index contributed by atoms with van der Waals surface area (Å²) in [6.45, 7) is 13.3. The quantitative estimate of drug-likeness (QED) is 0.223. The van der Waals surface area contributed by atoms with Crippen molar-refractivity contribution in [1.29, 1.82) is 0 Å². The van der Waals surface area contributed by atoms with Crippen LogP contribution < -0.4 is 21.3 Å². The lowest BCUT2D eigenvalue weighted by atomic mass is 9.90. The van der Waals surface area contributed by atoms with Gasteiger partial charge in [0, 0.05) is 67.9 Å². The first kappa shape index (κ1) is 26.2. The molecule has 3 aliphatic heterocycles. The Morgan fingerprint density at radius 3 is 2.24 bits per heavy atom. The average Bonchev–Trinajstić information content (AvgIpc) is 3.72. The normalized spacial score (nSPS) is 17.3. The molecule has 4 heteroatoms. The molecule has 42 heavy (non-hydrogen) atoms. The van der Waals surface area contributed by atoms with Crippen LogP contribution in [-0.2, 0) is 0 Å². The SMILES string of the molecule is Cc1ccc(C2=C3CC=C(N3)C(c3c(C)cc(C)cc3C)=c3ccc([nH]3)=CC3=CC(C)(C)C(=Cc4ccc2[nH]4)N3)cc1. The van der Waals surface area contributed by atoms with E-state index in [9.17, 15) is 0 Å². The molecule has 2 aromatic carbocycles. The van der Waals surface area contributed by atoms with Gasteiger partial charge in [-0.1, -0.05) is 67.4 Å². The van der Waals surface area contributed by atoms with Gasteiger partial charge in [-0.15, -0.1) is 0 Å². The maximum atomic E-state index is 3.91. The molecule has 4 aromatic rings. The van der Waals surface area contributed by atoms with E-state index < -0.39 is 0 Å². The lowest BCUT2D eigenvalue weighted by Gasteiger charge is -2.19. The zero-order valence-corrected chi connectivity index (χ0v) is 25.3. The summed E-state index contributed by atoms with van der Waals surface area (Å²) in [5, 5.41) is 9.78. The van der Waals surface area contributed by atoms with Gasteiger partial charge >= 0.3 is 0 Å². The number of allylic oxidation sites excluding steroid dienone is 4. The van der Waals surface area contributed by atoms with Crippen LogP contribution in [-0.4, -0.2) is 9.97 Å². The predicted octanol–water partition coefficient (Wildman–Crippen LogP) is 6.76. The number of aryl methyl sites for hydroxylation is 4. The zero-order chi connectivity index (χ0) is 29.2. The molecule has 4 nitrogen and oxygen atoms in total. The highest BCUT2D eigenvalue weighted by Crippen LogP contribution is 2.37. The highest BCUT2D eigenvalue weighted by molar-refractivity contribution is 5.86. The maximum Gasteiger partial charge on any atom is 0.0485 e. The molecule has 7 rings (SSSR count). The smallest absolute Gasteiger partial charge is 0.0485 e. The molecule has 0 radical (unpaired) electrons. The van der Waals surface area contributed by atoms with Crippen molar-refractivity contribution < 1.29 is 0 Å². The molecule has 0 unspecified atom stereocenters. The van der Waals surface area contributed by atoms with Crippen LogP contribution in [0.25, 0.3) is 23.3 Å². The fourth-order valence-corrected chi connectivity index (χ4v) is 6.73. The second-order valence-electron chi connectivity index (χ2n) is 12.6. The van der Waals surface area contributed by atoms with Crippen molar-refractivity contribution in [1.82, 2.24) is 20.6 Å². The van der Waals surface area contributed by atoms with Gasteiger partial charge in [0.2, 0.25) is 0 Å². The van der Waals surface area contributed by atoms with E-state index in [4.69, 9.17) is 0 Å². The minimum atomic E-state index is -0.114. The first-order valence-corrected chi connectivity index (χ1v) is 14.8. The van der Waals surface area contributed by atoms with Crippen molar-refractivity contribution in [2.45, 2.75) is 48.0 Å². The molecule has 0 saturated heterocycles. The Morgan fingerprint density at radius 2 is 1.48 bits per heavy atom. The van der Waals surface area contributed by atoms with Crippen molar-refractivity contribution >= 4 is 23.3 Å². The van der Waals surface area contributed by atoms with E-state index in [2.05, 4.69) is 147 Å². The molecule has 2 aromatic heterocycles. The second kappa shape index (κ2) is 9.70. The Hall–Kier alpha value is -4.70. The van der Waals surface area contributed by atoms with Crippen molar-refractivity contribution in [3.05, 3.63) is 151 Å². The number of rotatable bonds is 2. The minimum absolute atomic E-state index is 0.114. The third kappa shape index (κ3) is 4.57. The van der Waals surface area contributed by atoms with E-state index in [1.807, 2.05) is 0 Å². The Balaban J connectivity index is 1.52. The Kier molecular flexibility index (Phi) is 6.05. The second-order valence-corrected chi connectivity index (χ2v) is 12.6. The van der Waals surface area contributed by atoms with Crippen LogP contribution in [0.4, 0.5) is 0 Å². The molecule has 0 saturated carbocycles. The molecular weight excluding hydrogens is 512 g/mol. The van der Waals surface area contributed by atoms with Gasteiger partial charge in [0.05, 0.1) is 0 Å². The Labute approximate surface area is 248 Å². The summed E-state index contributed by atoms with van der Waals surface area (Å²) in [7, 11) is 0. The summed E-state index contributed by atoms with van der Waals surface area (Å²) in [5.74, 6) is 0. The molecule has 0 fully saturated rings. The lowest BCUT2D eigenvalue weighted by molar-refractivity contribution is 0.584. The fraction of sp³-hybridized carbons (Fsp3) is 0.211. The van der Waals surface area contributed by atoms with Gasteiger partial charge in [-0.2, -0.15) is 0 Å². The predicted molar refractivity (Wildman–Crippen MR) is 174 cm³/mol. The molecule has 210 valence electrons. The van der Waals surface area contributed by atoms with Gasteiger partial charge in [0.15, 0.2) is 0 Å². The van der Waals surface area contributed by atoms with Crippen molar-refractivity contribution in [3.8, 4) is 0 Å². The topological polar surface area (TPSA) is 55.6 Å². The number of aromatic nitrogens is 2. The summed E-state index contributed by atoms with van der Waals surface area (Å²) < 4.78 is 0. The molecule has 8 bridgehead atoms. The number of hydrogen-bond acceptors (Lipinski definition) is 2. The summed E-state index contributed by atoms with van der Waals surface area (Å²) in [6, 6.07) is 22.2. The number of fused-ring (bicyclic) bond motifs is 8. The summed E-state index contributed by atoms with van der Waals surface area (Å²) in [6.07, 6.45) is 9.93. The average molecular weight is 551 g/mol. The van der Waals surface area contributed by atoms with Crippen molar-refractivity contribution in [2.75, 3.05) is 0 Å². The van der Waals surface area contributed by atoms with Gasteiger partial charge in [0.25, 0.3) is 0 Å². The van der Waals surface area contributed by atoms with Gasteiger partial charge in [-0.05, 0) is 92.4 Å². The summed E-state index contributed by atoms with van der Waals surface area (Å²) in [5.41, 5.74) is 16.7. The van der Waals surface area contributed by atoms with Gasteiger partial charge in [0.1, 0.15) is 0 Å². The first-order chi connectivity index (χ1) is 20.1. The van der Waals surface area contributed by atoms with Crippen LogP contribution in [0, 0.1) is 33.1 Å². The molecule has 5 heterocycles. The maximum absolute atomic E-state index is 3.91. The van der Waals surface area contributed by atoms with Crippen LogP contribution in [0.5, 0.6) is 0 Å². The van der Waals surface area contributed by atoms with E-state index in [1.165, 1.54) is 55.9 Å². The lowest BCUT2D eigenvalue weighted by Crippen LogP contribution is -2.21. The molecule has 3 aliphatic rings. The standard InChI is InChI=1S/C38H38N4/c1-22-7-9-26(10-8-22)36-30-13-12-28(40-30)20-34-38(5,6)21-29(41-34)19-27-11-14-32(39-27)37(33-16-15-31(36)42-33)35-24(3)17-23(2)18-25(35)4/h7-14,16-21,39-42H,15H2,1-6H3. The minimum Gasteiger partial charge on any atom is -0.358 e. The number of nitrogens with one attached hydrogen (secondary N) is 4. The van der Waals surface area contributed by atoms with E-state index in [0.717, 1.165) is 39.9 Å². The molecular formula is C38H38N4. The highest BCUT2D eigenvalue weighted by Gasteiger charge is 2.28. The van der Waals surface area contributed by atoms with Crippen LogP contribution in [0.2, 0.25) is 0 Å². The van der Waals surface area contributed by atoms with Gasteiger partial charge < -0.3 is 20.6 Å².